The number of nitrogens with zero attached hydrogens (tertiary/aromatic N) is 5. The SMILES string of the molecule is N[C@H]1C[C@@H](C(=O)O)N(C(=O)CN2CCN(c3ncccn3)CC2)C1. The highest BCUT2D eigenvalue weighted by molar-refractivity contribution is 5.85. The quantitative estimate of drug-likeness (QED) is 0.691. The summed E-state index contributed by atoms with van der Waals surface area (Å²) >= 11 is 0. The molecule has 3 rings (SSSR count). The Balaban J connectivity index is 1.52. The van der Waals surface area contributed by atoms with Crippen LogP contribution in [0.5, 0.6) is 0 Å². The highest BCUT2D eigenvalue weighted by Gasteiger charge is 2.38. The number of aliphatic carboxylic acids is 1. The average molecular weight is 334 g/mol. The Morgan fingerprint density at radius 3 is 2.50 bits per heavy atom. The second kappa shape index (κ2) is 7.10. The van der Waals surface area contributed by atoms with E-state index < -0.39 is 12.0 Å². The molecule has 0 radical (unpaired) electrons. The predicted molar refractivity (Wildman–Crippen MR) is 86.4 cm³/mol. The van der Waals surface area contributed by atoms with Crippen molar-refractivity contribution in [2.45, 2.75) is 18.5 Å². The molecule has 2 aliphatic rings. The van der Waals surface area contributed by atoms with Gasteiger partial charge in [-0.15, -0.1) is 0 Å². The molecule has 9 heteroatoms. The fraction of sp³-hybridized carbons (Fsp3) is 0.600. The molecule has 0 aliphatic carbocycles. The largest absolute Gasteiger partial charge is 0.480 e. The molecule has 0 unspecified atom stereocenters. The van der Waals surface area contributed by atoms with Crippen LogP contribution in [0.4, 0.5) is 5.95 Å². The lowest BCUT2D eigenvalue weighted by Gasteiger charge is -2.35. The Morgan fingerprint density at radius 2 is 1.88 bits per heavy atom. The maximum Gasteiger partial charge on any atom is 0.326 e. The zero-order valence-corrected chi connectivity index (χ0v) is 13.4. The number of hydrogen-bond donors (Lipinski definition) is 2. The van der Waals surface area contributed by atoms with Crippen molar-refractivity contribution in [3.05, 3.63) is 18.5 Å². The lowest BCUT2D eigenvalue weighted by atomic mass is 10.2. The van der Waals surface area contributed by atoms with E-state index in [-0.39, 0.29) is 18.5 Å². The number of amides is 1. The standard InChI is InChI=1S/C15H22N6O3/c16-11-8-12(14(23)24)21(9-11)13(22)10-19-4-6-20(7-5-19)15-17-2-1-3-18-15/h1-3,11-12H,4-10,16H2,(H,23,24)/t11-,12-/m0/s1. The number of aromatic nitrogens is 2. The number of rotatable bonds is 4. The Morgan fingerprint density at radius 1 is 1.21 bits per heavy atom. The second-order valence-electron chi connectivity index (χ2n) is 6.21. The average Bonchev–Trinajstić information content (AvgIpc) is 2.99. The van der Waals surface area contributed by atoms with Gasteiger partial charge in [-0.3, -0.25) is 9.69 Å². The summed E-state index contributed by atoms with van der Waals surface area (Å²) in [6.45, 7) is 3.43. The third-order valence-corrected chi connectivity index (χ3v) is 4.50. The highest BCUT2D eigenvalue weighted by atomic mass is 16.4. The van der Waals surface area contributed by atoms with Gasteiger partial charge >= 0.3 is 5.97 Å². The number of carbonyl (C=O) groups is 2. The molecule has 3 heterocycles. The first-order valence-corrected chi connectivity index (χ1v) is 8.07. The van der Waals surface area contributed by atoms with E-state index >= 15 is 0 Å². The molecule has 2 atom stereocenters. The van der Waals surface area contributed by atoms with Gasteiger partial charge < -0.3 is 20.6 Å². The molecular weight excluding hydrogens is 312 g/mol. The number of carbonyl (C=O) groups excluding carboxylic acids is 1. The highest BCUT2D eigenvalue weighted by Crippen LogP contribution is 2.18. The van der Waals surface area contributed by atoms with Gasteiger partial charge in [0.2, 0.25) is 11.9 Å². The molecule has 2 saturated heterocycles. The van der Waals surface area contributed by atoms with Crippen molar-refractivity contribution in [1.29, 1.82) is 0 Å². The molecule has 0 spiro atoms. The summed E-state index contributed by atoms with van der Waals surface area (Å²) < 4.78 is 0. The fourth-order valence-electron chi connectivity index (χ4n) is 3.22. The normalized spacial score (nSPS) is 25.0. The molecule has 0 aromatic carbocycles. The van der Waals surface area contributed by atoms with Gasteiger partial charge in [0.15, 0.2) is 0 Å². The molecule has 2 fully saturated rings. The van der Waals surface area contributed by atoms with Crippen molar-refractivity contribution >= 4 is 17.8 Å². The Kier molecular flexibility index (Phi) is 4.91. The van der Waals surface area contributed by atoms with Crippen LogP contribution < -0.4 is 10.6 Å². The van der Waals surface area contributed by atoms with Gasteiger partial charge in [-0.25, -0.2) is 14.8 Å². The van der Waals surface area contributed by atoms with E-state index in [2.05, 4.69) is 14.9 Å². The van der Waals surface area contributed by atoms with Crippen LogP contribution in [0.3, 0.4) is 0 Å². The number of nitrogens with two attached hydrogens (primary N) is 1. The van der Waals surface area contributed by atoms with E-state index in [1.54, 1.807) is 18.5 Å². The summed E-state index contributed by atoms with van der Waals surface area (Å²) in [7, 11) is 0. The van der Waals surface area contributed by atoms with Crippen molar-refractivity contribution in [3.63, 3.8) is 0 Å². The molecule has 1 amide bonds. The monoisotopic (exact) mass is 334 g/mol. The molecule has 3 N–H and O–H groups in total. The molecule has 130 valence electrons. The molecule has 0 saturated carbocycles. The third kappa shape index (κ3) is 3.62. The molecular formula is C15H22N6O3. The molecule has 2 aliphatic heterocycles. The number of piperazine rings is 1. The zero-order chi connectivity index (χ0) is 17.1. The van der Waals surface area contributed by atoms with Gasteiger partial charge in [0.05, 0.1) is 6.54 Å². The Hall–Kier alpha value is -2.26. The maximum absolute atomic E-state index is 12.5. The Labute approximate surface area is 140 Å². The van der Waals surface area contributed by atoms with Crippen LogP contribution in [0, 0.1) is 0 Å². The second-order valence-corrected chi connectivity index (χ2v) is 6.21. The van der Waals surface area contributed by atoms with E-state index in [1.165, 1.54) is 4.90 Å². The molecule has 9 nitrogen and oxygen atoms in total. The summed E-state index contributed by atoms with van der Waals surface area (Å²) in [4.78, 5) is 37.7. The molecule has 0 bridgehead atoms. The van der Waals surface area contributed by atoms with Crippen LogP contribution in [0.25, 0.3) is 0 Å². The van der Waals surface area contributed by atoms with Crippen LogP contribution in [0.15, 0.2) is 18.5 Å². The minimum absolute atomic E-state index is 0.167. The third-order valence-electron chi connectivity index (χ3n) is 4.50. The summed E-state index contributed by atoms with van der Waals surface area (Å²) in [5, 5.41) is 9.23. The van der Waals surface area contributed by atoms with Crippen molar-refractivity contribution in [2.75, 3.05) is 44.2 Å². The van der Waals surface area contributed by atoms with E-state index in [1.807, 2.05) is 4.90 Å². The minimum Gasteiger partial charge on any atom is -0.480 e. The number of hydrogen-bond acceptors (Lipinski definition) is 7. The number of anilines is 1. The fourth-order valence-corrected chi connectivity index (χ4v) is 3.22. The maximum atomic E-state index is 12.5. The summed E-state index contributed by atoms with van der Waals surface area (Å²) in [5.41, 5.74) is 5.82. The van der Waals surface area contributed by atoms with Gasteiger partial charge in [0, 0.05) is 51.2 Å². The van der Waals surface area contributed by atoms with Crippen molar-refractivity contribution in [3.8, 4) is 0 Å². The lowest BCUT2D eigenvalue weighted by Crippen LogP contribution is -2.52. The van der Waals surface area contributed by atoms with E-state index in [9.17, 15) is 14.7 Å². The molecule has 1 aromatic rings. The summed E-state index contributed by atoms with van der Waals surface area (Å²) in [6, 6.07) is 0.714. The number of likely N-dealkylation sites (tertiary alicyclic amines) is 1. The Bertz CT molecular complexity index is 590. The smallest absolute Gasteiger partial charge is 0.326 e. The lowest BCUT2D eigenvalue weighted by molar-refractivity contribution is -0.148. The topological polar surface area (TPSA) is 116 Å². The van der Waals surface area contributed by atoms with Crippen LogP contribution in [-0.4, -0.2) is 88.1 Å². The van der Waals surface area contributed by atoms with Crippen LogP contribution in [0.1, 0.15) is 6.42 Å². The zero-order valence-electron chi connectivity index (χ0n) is 13.4. The van der Waals surface area contributed by atoms with Crippen molar-refractivity contribution < 1.29 is 14.7 Å². The van der Waals surface area contributed by atoms with E-state index in [4.69, 9.17) is 5.73 Å². The van der Waals surface area contributed by atoms with Gasteiger partial charge in [0.25, 0.3) is 0 Å². The van der Waals surface area contributed by atoms with Crippen molar-refractivity contribution in [1.82, 2.24) is 19.8 Å². The first kappa shape index (κ1) is 16.6. The molecule has 24 heavy (non-hydrogen) atoms. The van der Waals surface area contributed by atoms with Crippen LogP contribution >= 0.6 is 0 Å². The minimum atomic E-state index is -0.984. The summed E-state index contributed by atoms with van der Waals surface area (Å²) in [6.07, 6.45) is 3.74. The first-order valence-electron chi connectivity index (χ1n) is 8.07. The van der Waals surface area contributed by atoms with Crippen molar-refractivity contribution in [2.24, 2.45) is 5.73 Å². The van der Waals surface area contributed by atoms with Gasteiger partial charge in [-0.05, 0) is 12.5 Å². The number of carboxylic acids is 1. The first-order chi connectivity index (χ1) is 11.5. The van der Waals surface area contributed by atoms with Crippen LogP contribution in [-0.2, 0) is 9.59 Å². The number of carboxylic acid groups (broad SMARTS) is 1. The predicted octanol–water partition coefficient (Wildman–Crippen LogP) is -1.39. The summed E-state index contributed by atoms with van der Waals surface area (Å²) in [5.74, 6) is -0.456. The van der Waals surface area contributed by atoms with Gasteiger partial charge in [0.1, 0.15) is 6.04 Å². The van der Waals surface area contributed by atoms with Crippen LogP contribution in [0.2, 0.25) is 0 Å². The van der Waals surface area contributed by atoms with Gasteiger partial charge in [-0.1, -0.05) is 0 Å². The molecule has 1 aromatic heterocycles. The van der Waals surface area contributed by atoms with E-state index in [0.717, 1.165) is 13.1 Å². The van der Waals surface area contributed by atoms with E-state index in [0.29, 0.717) is 32.0 Å². The van der Waals surface area contributed by atoms with Gasteiger partial charge in [-0.2, -0.15) is 0 Å².